The van der Waals surface area contributed by atoms with E-state index in [4.69, 9.17) is 5.73 Å². The molecule has 0 atom stereocenters. The van der Waals surface area contributed by atoms with E-state index in [1.165, 1.54) is 17.1 Å². The number of nitrogens with two attached hydrogens (primary N) is 1. The van der Waals surface area contributed by atoms with Crippen LogP contribution >= 0.6 is 15.9 Å². The molecule has 0 unspecified atom stereocenters. The predicted molar refractivity (Wildman–Crippen MR) is 80.4 cm³/mol. The zero-order valence-corrected chi connectivity index (χ0v) is 12.3. The van der Waals surface area contributed by atoms with Crippen molar-refractivity contribution in [2.75, 3.05) is 11.1 Å². The molecule has 0 aliphatic carbocycles. The summed E-state index contributed by atoms with van der Waals surface area (Å²) in [7, 11) is 0. The molecule has 2 rings (SSSR count). The third-order valence-corrected chi connectivity index (χ3v) is 3.29. The lowest BCUT2D eigenvalue weighted by Crippen LogP contribution is -2.28. The van der Waals surface area contributed by atoms with Crippen LogP contribution in [0.15, 0.2) is 40.0 Å². The van der Waals surface area contributed by atoms with Crippen LogP contribution in [0, 0.1) is 6.92 Å². The number of benzene rings is 1. The average molecular weight is 337 g/mol. The lowest BCUT2D eigenvalue weighted by molar-refractivity contribution is -0.116. The highest BCUT2D eigenvalue weighted by atomic mass is 79.9. The van der Waals surface area contributed by atoms with Gasteiger partial charge in [-0.3, -0.25) is 14.2 Å². The molecule has 0 fully saturated rings. The molecule has 0 bridgehead atoms. The second-order valence-corrected chi connectivity index (χ2v) is 5.12. The van der Waals surface area contributed by atoms with Crippen LogP contribution in [0.2, 0.25) is 0 Å². The maximum Gasteiger partial charge on any atom is 0.268 e. The van der Waals surface area contributed by atoms with E-state index in [-0.39, 0.29) is 18.0 Å². The van der Waals surface area contributed by atoms with Gasteiger partial charge >= 0.3 is 0 Å². The number of aromatic nitrogens is 2. The topological polar surface area (TPSA) is 90.0 Å². The summed E-state index contributed by atoms with van der Waals surface area (Å²) < 4.78 is 1.52. The molecule has 1 aromatic heterocycles. The van der Waals surface area contributed by atoms with Gasteiger partial charge in [-0.1, -0.05) is 12.1 Å². The van der Waals surface area contributed by atoms with Crippen LogP contribution in [0.4, 0.5) is 11.4 Å². The molecule has 0 aliphatic heterocycles. The highest BCUT2D eigenvalue weighted by molar-refractivity contribution is 9.10. The number of hydrogen-bond acceptors (Lipinski definition) is 4. The number of amides is 1. The zero-order valence-electron chi connectivity index (χ0n) is 10.8. The molecule has 6 nitrogen and oxygen atoms in total. The van der Waals surface area contributed by atoms with Crippen LogP contribution in [0.1, 0.15) is 5.56 Å². The second-order valence-electron chi connectivity index (χ2n) is 4.26. The number of hydrogen-bond donors (Lipinski definition) is 2. The first-order valence-corrected chi connectivity index (χ1v) is 6.63. The van der Waals surface area contributed by atoms with Crippen LogP contribution in [0.5, 0.6) is 0 Å². The Hall–Kier alpha value is -2.15. The van der Waals surface area contributed by atoms with E-state index >= 15 is 0 Å². The van der Waals surface area contributed by atoms with E-state index in [0.717, 1.165) is 5.56 Å². The number of rotatable bonds is 3. The minimum atomic E-state index is -0.340. The fourth-order valence-electron chi connectivity index (χ4n) is 1.73. The first kappa shape index (κ1) is 14.3. The Kier molecular flexibility index (Phi) is 4.19. The molecule has 104 valence electrons. The van der Waals surface area contributed by atoms with Gasteiger partial charge in [0.1, 0.15) is 11.0 Å². The van der Waals surface area contributed by atoms with Crippen LogP contribution in [0.3, 0.4) is 0 Å². The summed E-state index contributed by atoms with van der Waals surface area (Å²) in [6.07, 6.45) is 2.70. The monoisotopic (exact) mass is 336 g/mol. The molecular weight excluding hydrogens is 324 g/mol. The molecule has 0 spiro atoms. The van der Waals surface area contributed by atoms with E-state index in [9.17, 15) is 9.59 Å². The summed E-state index contributed by atoms with van der Waals surface area (Å²) in [5.41, 5.74) is 7.41. The van der Waals surface area contributed by atoms with Crippen molar-refractivity contribution in [3.05, 3.63) is 51.1 Å². The number of para-hydroxylation sites is 1. The third kappa shape index (κ3) is 3.05. The van der Waals surface area contributed by atoms with Crippen molar-refractivity contribution in [3.63, 3.8) is 0 Å². The van der Waals surface area contributed by atoms with Crippen molar-refractivity contribution in [1.29, 1.82) is 0 Å². The molecule has 1 heterocycles. The molecule has 0 saturated heterocycles. The predicted octanol–water partition coefficient (Wildman–Crippen LogP) is 1.54. The molecule has 0 saturated carbocycles. The Bertz CT molecular complexity index is 692. The molecule has 2 aromatic rings. The smallest absolute Gasteiger partial charge is 0.268 e. The maximum atomic E-state index is 12.0. The molecule has 0 radical (unpaired) electrons. The molecule has 1 amide bonds. The Morgan fingerprint density at radius 3 is 2.95 bits per heavy atom. The number of anilines is 2. The normalized spacial score (nSPS) is 10.3. The van der Waals surface area contributed by atoms with Crippen molar-refractivity contribution in [2.24, 2.45) is 0 Å². The highest BCUT2D eigenvalue weighted by Crippen LogP contribution is 2.22. The quantitative estimate of drug-likeness (QED) is 0.832. The van der Waals surface area contributed by atoms with Gasteiger partial charge in [0, 0.05) is 6.20 Å². The first-order chi connectivity index (χ1) is 9.49. The molecule has 0 aliphatic rings. The van der Waals surface area contributed by atoms with Gasteiger partial charge in [0.2, 0.25) is 5.91 Å². The van der Waals surface area contributed by atoms with Crippen LogP contribution in [-0.4, -0.2) is 15.5 Å². The summed E-state index contributed by atoms with van der Waals surface area (Å²) in [4.78, 5) is 27.6. The van der Waals surface area contributed by atoms with Gasteiger partial charge in [0.25, 0.3) is 5.56 Å². The number of carbonyl (C=O) groups is 1. The van der Waals surface area contributed by atoms with Crippen LogP contribution < -0.4 is 16.6 Å². The molecular formula is C13H13BrN4O2. The second kappa shape index (κ2) is 5.87. The van der Waals surface area contributed by atoms with E-state index in [1.807, 2.05) is 19.1 Å². The molecule has 20 heavy (non-hydrogen) atoms. The lowest BCUT2D eigenvalue weighted by Gasteiger charge is -2.11. The van der Waals surface area contributed by atoms with Gasteiger partial charge < -0.3 is 11.1 Å². The van der Waals surface area contributed by atoms with Crippen LogP contribution in [0.25, 0.3) is 0 Å². The van der Waals surface area contributed by atoms with Gasteiger partial charge in [0.15, 0.2) is 0 Å². The number of carbonyl (C=O) groups excluding carboxylic acids is 1. The standard InChI is InChI=1S/C13H13BrN4O2/c1-8-3-2-4-10(15)12(8)17-11(19)6-18-7-16-5-9(14)13(18)20/h2-5,7H,6,15H2,1H3,(H,17,19). The molecule has 1 aromatic carbocycles. The van der Waals surface area contributed by atoms with Gasteiger partial charge in [-0.05, 0) is 34.5 Å². The molecule has 7 heteroatoms. The van der Waals surface area contributed by atoms with Gasteiger partial charge in [-0.2, -0.15) is 0 Å². The molecule has 3 N–H and O–H groups in total. The summed E-state index contributed by atoms with van der Waals surface area (Å²) in [6, 6.07) is 5.36. The number of nitrogens with zero attached hydrogens (tertiary/aromatic N) is 2. The van der Waals surface area contributed by atoms with Gasteiger partial charge in [0.05, 0.1) is 17.7 Å². The Morgan fingerprint density at radius 2 is 2.25 bits per heavy atom. The Labute approximate surface area is 123 Å². The van der Waals surface area contributed by atoms with E-state index in [2.05, 4.69) is 26.2 Å². The number of nitrogen functional groups attached to an aromatic ring is 1. The number of aryl methyl sites for hydroxylation is 1. The zero-order chi connectivity index (χ0) is 14.7. The van der Waals surface area contributed by atoms with Crippen molar-refractivity contribution in [2.45, 2.75) is 13.5 Å². The van der Waals surface area contributed by atoms with Crippen molar-refractivity contribution < 1.29 is 4.79 Å². The van der Waals surface area contributed by atoms with Crippen molar-refractivity contribution in [1.82, 2.24) is 9.55 Å². The maximum absolute atomic E-state index is 12.0. The highest BCUT2D eigenvalue weighted by Gasteiger charge is 2.10. The fraction of sp³-hybridized carbons (Fsp3) is 0.154. The number of nitrogens with one attached hydrogen (secondary N) is 1. The van der Waals surface area contributed by atoms with Gasteiger partial charge in [-0.25, -0.2) is 4.98 Å². The summed E-state index contributed by atoms with van der Waals surface area (Å²) >= 11 is 3.08. The van der Waals surface area contributed by atoms with Crippen LogP contribution in [-0.2, 0) is 11.3 Å². The summed E-state index contributed by atoms with van der Waals surface area (Å²) in [5, 5.41) is 2.71. The number of halogens is 1. The Morgan fingerprint density at radius 1 is 1.50 bits per heavy atom. The van der Waals surface area contributed by atoms with Crippen molar-refractivity contribution >= 4 is 33.2 Å². The lowest BCUT2D eigenvalue weighted by atomic mass is 10.1. The van der Waals surface area contributed by atoms with Gasteiger partial charge in [-0.15, -0.1) is 0 Å². The first-order valence-electron chi connectivity index (χ1n) is 5.84. The third-order valence-electron chi connectivity index (χ3n) is 2.74. The fourth-order valence-corrected chi connectivity index (χ4v) is 2.08. The van der Waals surface area contributed by atoms with Crippen molar-refractivity contribution in [3.8, 4) is 0 Å². The average Bonchev–Trinajstić information content (AvgIpc) is 2.39. The Balaban J connectivity index is 2.18. The summed E-state index contributed by atoms with van der Waals surface area (Å²) in [5.74, 6) is -0.340. The minimum Gasteiger partial charge on any atom is -0.397 e. The minimum absolute atomic E-state index is 0.126. The summed E-state index contributed by atoms with van der Waals surface area (Å²) in [6.45, 7) is 1.72. The SMILES string of the molecule is Cc1cccc(N)c1NC(=O)Cn1cncc(Br)c1=O. The van der Waals surface area contributed by atoms with E-state index in [0.29, 0.717) is 15.8 Å². The van der Waals surface area contributed by atoms with E-state index in [1.54, 1.807) is 6.07 Å². The largest absolute Gasteiger partial charge is 0.397 e. The van der Waals surface area contributed by atoms with E-state index < -0.39 is 0 Å².